The Balaban J connectivity index is 1.92. The molecule has 4 N–H and O–H groups in total. The normalized spacial score (nSPS) is 11.3. The summed E-state index contributed by atoms with van der Waals surface area (Å²) in [6.45, 7) is 0. The summed E-state index contributed by atoms with van der Waals surface area (Å²) in [6.07, 6.45) is 0.663. The third kappa shape index (κ3) is 4.81. The lowest BCUT2D eigenvalue weighted by Crippen LogP contribution is -2.13. The first-order valence-corrected chi connectivity index (χ1v) is 12.6. The maximum Gasteiger partial charge on any atom is 0.207 e. The summed E-state index contributed by atoms with van der Waals surface area (Å²) >= 11 is 0. The number of hydrogen-bond acceptors (Lipinski definition) is 6. The summed E-state index contributed by atoms with van der Waals surface area (Å²) in [5.41, 5.74) is 16.3. The van der Waals surface area contributed by atoms with Gasteiger partial charge in [-0.2, -0.15) is 0 Å². The predicted molar refractivity (Wildman–Crippen MR) is 139 cm³/mol. The van der Waals surface area contributed by atoms with Crippen molar-refractivity contribution in [2.75, 3.05) is 25.7 Å². The number of methoxy groups -OCH3 is 2. The van der Waals surface area contributed by atoms with Gasteiger partial charge in [0, 0.05) is 24.0 Å². The van der Waals surface area contributed by atoms with Gasteiger partial charge in [0.25, 0.3) is 0 Å². The zero-order valence-corrected chi connectivity index (χ0v) is 20.5. The van der Waals surface area contributed by atoms with Crippen LogP contribution in [0.1, 0.15) is 22.3 Å². The zero-order chi connectivity index (χ0) is 25.0. The molecular weight excluding hydrogens is 460 g/mol. The average Bonchev–Trinajstić information content (AvgIpc) is 2.87. The molecule has 0 fully saturated rings. The standard InChI is InChI=1S/C28H28N2O4S/c1-33-23-13-15-25(21(27(23)29)17-19-9-5-3-6-10-19)35(31,32)26-16-14-24(34-2)28(30)22(26)18-20-11-7-4-8-12-20/h3-16H,17-18,29-30H2,1-2H3. The van der Waals surface area contributed by atoms with Crippen LogP contribution < -0.4 is 20.9 Å². The second kappa shape index (κ2) is 10.1. The largest absolute Gasteiger partial charge is 0.495 e. The number of sulfone groups is 1. The van der Waals surface area contributed by atoms with Crippen LogP contribution in [0.25, 0.3) is 0 Å². The fourth-order valence-corrected chi connectivity index (χ4v) is 5.93. The van der Waals surface area contributed by atoms with Crippen LogP contribution in [0.15, 0.2) is 94.7 Å². The minimum absolute atomic E-state index is 0.124. The Kier molecular flexibility index (Phi) is 6.98. The zero-order valence-electron chi connectivity index (χ0n) is 19.7. The Labute approximate surface area is 206 Å². The van der Waals surface area contributed by atoms with Crippen molar-refractivity contribution in [1.82, 2.24) is 0 Å². The van der Waals surface area contributed by atoms with Gasteiger partial charge in [-0.1, -0.05) is 60.7 Å². The van der Waals surface area contributed by atoms with Crippen LogP contribution in [-0.2, 0) is 22.7 Å². The molecular formula is C28H28N2O4S. The van der Waals surface area contributed by atoms with Gasteiger partial charge in [0.05, 0.1) is 35.4 Å². The Morgan fingerprint density at radius 2 is 0.971 bits per heavy atom. The second-order valence-electron chi connectivity index (χ2n) is 8.14. The number of benzene rings is 4. The highest BCUT2D eigenvalue weighted by Gasteiger charge is 2.28. The molecule has 0 saturated carbocycles. The van der Waals surface area contributed by atoms with Crippen molar-refractivity contribution in [2.45, 2.75) is 22.6 Å². The number of nitrogen functional groups attached to an aromatic ring is 2. The van der Waals surface area contributed by atoms with Gasteiger partial charge < -0.3 is 20.9 Å². The maximum absolute atomic E-state index is 14.2. The number of hydrogen-bond donors (Lipinski definition) is 2. The van der Waals surface area contributed by atoms with Gasteiger partial charge in [-0.3, -0.25) is 0 Å². The summed E-state index contributed by atoms with van der Waals surface area (Å²) < 4.78 is 39.1. The molecule has 6 nitrogen and oxygen atoms in total. The summed E-state index contributed by atoms with van der Waals surface area (Å²) in [5, 5.41) is 0. The van der Waals surface area contributed by atoms with Crippen LogP contribution in [0.5, 0.6) is 11.5 Å². The van der Waals surface area contributed by atoms with E-state index >= 15 is 0 Å². The Bertz CT molecular complexity index is 1330. The maximum atomic E-state index is 14.2. The quantitative estimate of drug-likeness (QED) is 0.343. The molecule has 4 rings (SSSR count). The van der Waals surface area contributed by atoms with Gasteiger partial charge in [0.1, 0.15) is 11.5 Å². The van der Waals surface area contributed by atoms with E-state index in [-0.39, 0.29) is 9.79 Å². The van der Waals surface area contributed by atoms with Gasteiger partial charge in [-0.15, -0.1) is 0 Å². The van der Waals surface area contributed by atoms with Crippen LogP contribution in [0.2, 0.25) is 0 Å². The van der Waals surface area contributed by atoms with Crippen LogP contribution in [-0.4, -0.2) is 22.6 Å². The molecule has 4 aromatic rings. The Morgan fingerprint density at radius 3 is 1.31 bits per heavy atom. The monoisotopic (exact) mass is 488 g/mol. The smallest absolute Gasteiger partial charge is 0.207 e. The van der Waals surface area contributed by atoms with Crippen LogP contribution in [0.3, 0.4) is 0 Å². The minimum atomic E-state index is -4.01. The van der Waals surface area contributed by atoms with Gasteiger partial charge in [-0.05, 0) is 35.4 Å². The molecule has 0 spiro atoms. The Hall–Kier alpha value is -3.97. The molecule has 7 heteroatoms. The first kappa shape index (κ1) is 24.2. The van der Waals surface area contributed by atoms with Gasteiger partial charge in [0.2, 0.25) is 9.84 Å². The number of ether oxygens (including phenoxy) is 2. The van der Waals surface area contributed by atoms with E-state index in [1.165, 1.54) is 14.2 Å². The first-order valence-electron chi connectivity index (χ1n) is 11.1. The molecule has 0 aromatic heterocycles. The first-order chi connectivity index (χ1) is 16.9. The van der Waals surface area contributed by atoms with Crippen molar-refractivity contribution in [3.63, 3.8) is 0 Å². The summed E-state index contributed by atoms with van der Waals surface area (Å²) in [7, 11) is -0.990. The van der Waals surface area contributed by atoms with Gasteiger partial charge in [0.15, 0.2) is 0 Å². The highest BCUT2D eigenvalue weighted by molar-refractivity contribution is 7.91. The van der Waals surface area contributed by atoms with Crippen molar-refractivity contribution >= 4 is 21.2 Å². The van der Waals surface area contributed by atoms with E-state index in [0.717, 1.165) is 11.1 Å². The number of anilines is 2. The number of nitrogens with two attached hydrogens (primary N) is 2. The minimum Gasteiger partial charge on any atom is -0.495 e. The van der Waals surface area contributed by atoms with E-state index in [4.69, 9.17) is 20.9 Å². The molecule has 0 radical (unpaired) electrons. The molecule has 0 saturated heterocycles. The molecule has 0 bridgehead atoms. The van der Waals surface area contributed by atoms with Crippen LogP contribution in [0.4, 0.5) is 11.4 Å². The van der Waals surface area contributed by atoms with Crippen molar-refractivity contribution < 1.29 is 17.9 Å². The summed E-state index contributed by atoms with van der Waals surface area (Å²) in [4.78, 5) is 0.247. The number of rotatable bonds is 8. The van der Waals surface area contributed by atoms with E-state index in [1.807, 2.05) is 60.7 Å². The molecule has 35 heavy (non-hydrogen) atoms. The van der Waals surface area contributed by atoms with Crippen molar-refractivity contribution in [2.24, 2.45) is 0 Å². The van der Waals surface area contributed by atoms with E-state index in [9.17, 15) is 8.42 Å². The van der Waals surface area contributed by atoms with E-state index in [1.54, 1.807) is 24.3 Å². The van der Waals surface area contributed by atoms with Crippen molar-refractivity contribution in [1.29, 1.82) is 0 Å². The Morgan fingerprint density at radius 1 is 0.600 bits per heavy atom. The lowest BCUT2D eigenvalue weighted by atomic mass is 10.0. The highest BCUT2D eigenvalue weighted by atomic mass is 32.2. The second-order valence-corrected chi connectivity index (χ2v) is 10.0. The predicted octanol–water partition coefficient (Wildman–Crippen LogP) is 4.88. The lowest BCUT2D eigenvalue weighted by Gasteiger charge is -2.19. The molecule has 180 valence electrons. The van der Waals surface area contributed by atoms with E-state index in [2.05, 4.69) is 0 Å². The molecule has 0 unspecified atom stereocenters. The summed E-state index contributed by atoms with van der Waals surface area (Å²) in [6, 6.07) is 25.4. The van der Waals surface area contributed by atoms with E-state index < -0.39 is 9.84 Å². The van der Waals surface area contributed by atoms with Crippen LogP contribution >= 0.6 is 0 Å². The SMILES string of the molecule is COc1ccc(S(=O)(=O)c2ccc(OC)c(N)c2Cc2ccccc2)c(Cc2ccccc2)c1N. The van der Waals surface area contributed by atoms with Crippen LogP contribution in [0, 0.1) is 0 Å². The van der Waals surface area contributed by atoms with Crippen molar-refractivity contribution in [3.05, 3.63) is 107 Å². The van der Waals surface area contributed by atoms with Crippen molar-refractivity contribution in [3.8, 4) is 11.5 Å². The molecule has 4 aromatic carbocycles. The molecule has 0 aliphatic heterocycles. The van der Waals surface area contributed by atoms with Gasteiger partial charge in [-0.25, -0.2) is 8.42 Å². The fraction of sp³-hybridized carbons (Fsp3) is 0.143. The molecule has 0 aliphatic carbocycles. The van der Waals surface area contributed by atoms with Gasteiger partial charge >= 0.3 is 0 Å². The molecule has 0 aliphatic rings. The fourth-order valence-electron chi connectivity index (χ4n) is 4.19. The third-order valence-electron chi connectivity index (χ3n) is 6.01. The molecule has 0 heterocycles. The highest BCUT2D eigenvalue weighted by Crippen LogP contribution is 2.39. The molecule has 0 atom stereocenters. The molecule has 0 amide bonds. The summed E-state index contributed by atoms with van der Waals surface area (Å²) in [5.74, 6) is 0.849. The van der Waals surface area contributed by atoms with E-state index in [0.29, 0.717) is 46.8 Å². The average molecular weight is 489 g/mol. The topological polar surface area (TPSA) is 105 Å². The third-order valence-corrected chi connectivity index (χ3v) is 7.94. The lowest BCUT2D eigenvalue weighted by molar-refractivity contribution is 0.416.